The quantitative estimate of drug-likeness (QED) is 0.834. The molecule has 1 saturated carbocycles. The van der Waals surface area contributed by atoms with E-state index in [2.05, 4.69) is 0 Å². The summed E-state index contributed by atoms with van der Waals surface area (Å²) in [4.78, 5) is 38.8. The molecule has 0 aromatic heterocycles. The second kappa shape index (κ2) is 7.26. The molecule has 1 aromatic rings. The highest BCUT2D eigenvalue weighted by Crippen LogP contribution is 2.33. The number of para-hydroxylation sites is 1. The summed E-state index contributed by atoms with van der Waals surface area (Å²) in [5.74, 6) is -1.36. The van der Waals surface area contributed by atoms with Crippen LogP contribution in [0.25, 0.3) is 0 Å². The lowest BCUT2D eigenvalue weighted by atomic mass is 10.1. The van der Waals surface area contributed by atoms with Gasteiger partial charge >= 0.3 is 5.97 Å². The molecule has 1 aliphatic carbocycles. The van der Waals surface area contributed by atoms with Gasteiger partial charge in [-0.2, -0.15) is 0 Å². The van der Waals surface area contributed by atoms with Gasteiger partial charge in [0.05, 0.1) is 11.3 Å². The molecule has 6 heteroatoms. The highest BCUT2D eigenvalue weighted by Gasteiger charge is 2.34. The van der Waals surface area contributed by atoms with Gasteiger partial charge in [-0.1, -0.05) is 19.1 Å². The minimum Gasteiger partial charge on any atom is -0.480 e. The molecule has 0 bridgehead atoms. The molecule has 6 nitrogen and oxygen atoms in total. The topological polar surface area (TPSA) is 77.9 Å². The number of carbonyl (C=O) groups excluding carboxylic acids is 2. The predicted molar refractivity (Wildman–Crippen MR) is 86.4 cm³/mol. The summed E-state index contributed by atoms with van der Waals surface area (Å²) < 4.78 is 0. The van der Waals surface area contributed by atoms with Gasteiger partial charge in [0.15, 0.2) is 0 Å². The zero-order valence-corrected chi connectivity index (χ0v) is 13.5. The van der Waals surface area contributed by atoms with E-state index in [0.717, 1.165) is 12.8 Å². The highest BCUT2D eigenvalue weighted by atomic mass is 16.4. The van der Waals surface area contributed by atoms with Crippen molar-refractivity contribution in [1.82, 2.24) is 4.90 Å². The predicted octanol–water partition coefficient (Wildman–Crippen LogP) is 2.00. The largest absolute Gasteiger partial charge is 0.480 e. The van der Waals surface area contributed by atoms with Crippen LogP contribution in [0, 0.1) is 5.92 Å². The standard InChI is InChI=1S/C17H22N2O4/c1-3-10-19(11-15(20)21)17(23)13-6-4-5-7-14(13)18(2)16(22)12-8-9-12/h4-7,12H,3,8-11H2,1-2H3,(H,20,21). The molecule has 0 radical (unpaired) electrons. The number of benzene rings is 1. The lowest BCUT2D eigenvalue weighted by molar-refractivity contribution is -0.137. The van der Waals surface area contributed by atoms with Gasteiger partial charge in [0, 0.05) is 19.5 Å². The lowest BCUT2D eigenvalue weighted by Gasteiger charge is -2.24. The molecule has 0 unspecified atom stereocenters. The first-order chi connectivity index (χ1) is 11.0. The summed E-state index contributed by atoms with van der Waals surface area (Å²) in [7, 11) is 1.66. The van der Waals surface area contributed by atoms with Crippen molar-refractivity contribution in [3.05, 3.63) is 29.8 Å². The van der Waals surface area contributed by atoms with Crippen LogP contribution in [0.2, 0.25) is 0 Å². The summed E-state index contributed by atoms with van der Waals surface area (Å²) in [6.07, 6.45) is 2.44. The number of anilines is 1. The summed E-state index contributed by atoms with van der Waals surface area (Å²) in [6.45, 7) is 1.90. The van der Waals surface area contributed by atoms with E-state index in [1.807, 2.05) is 6.92 Å². The summed E-state index contributed by atoms with van der Waals surface area (Å²) in [5, 5.41) is 9.00. The van der Waals surface area contributed by atoms with E-state index in [1.165, 1.54) is 9.80 Å². The number of hydrogen-bond donors (Lipinski definition) is 1. The molecule has 0 atom stereocenters. The molecular weight excluding hydrogens is 296 g/mol. The SMILES string of the molecule is CCCN(CC(=O)O)C(=O)c1ccccc1N(C)C(=O)C1CC1. The molecule has 1 aromatic carbocycles. The molecule has 0 aliphatic heterocycles. The molecule has 23 heavy (non-hydrogen) atoms. The fourth-order valence-electron chi connectivity index (χ4n) is 2.53. The number of carboxylic acids is 1. The van der Waals surface area contributed by atoms with Gasteiger partial charge in [-0.15, -0.1) is 0 Å². The lowest BCUT2D eigenvalue weighted by Crippen LogP contribution is -2.38. The minimum atomic E-state index is -1.05. The minimum absolute atomic E-state index is 0.00512. The van der Waals surface area contributed by atoms with Crippen molar-refractivity contribution in [1.29, 1.82) is 0 Å². The van der Waals surface area contributed by atoms with Crippen molar-refractivity contribution in [2.45, 2.75) is 26.2 Å². The number of carbonyl (C=O) groups is 3. The van der Waals surface area contributed by atoms with Gasteiger partial charge in [-0.25, -0.2) is 0 Å². The summed E-state index contributed by atoms with van der Waals surface area (Å²) in [6, 6.07) is 6.85. The molecule has 0 heterocycles. The third-order valence-corrected chi connectivity index (χ3v) is 3.86. The van der Waals surface area contributed by atoms with Gasteiger partial charge in [0.2, 0.25) is 5.91 Å². The average molecular weight is 318 g/mol. The molecule has 124 valence electrons. The number of hydrogen-bond acceptors (Lipinski definition) is 3. The molecule has 1 aliphatic rings. The first-order valence-electron chi connectivity index (χ1n) is 7.83. The van der Waals surface area contributed by atoms with Crippen molar-refractivity contribution < 1.29 is 19.5 Å². The summed E-state index contributed by atoms with van der Waals surface area (Å²) >= 11 is 0. The molecule has 1 N–H and O–H groups in total. The Labute approximate surface area is 135 Å². The monoisotopic (exact) mass is 318 g/mol. The van der Waals surface area contributed by atoms with Crippen molar-refractivity contribution in [2.75, 3.05) is 25.0 Å². The van der Waals surface area contributed by atoms with Crippen molar-refractivity contribution in [3.63, 3.8) is 0 Å². The number of nitrogens with zero attached hydrogens (tertiary/aromatic N) is 2. The normalized spacial score (nSPS) is 13.5. The fourth-order valence-corrected chi connectivity index (χ4v) is 2.53. The van der Waals surface area contributed by atoms with E-state index in [-0.39, 0.29) is 24.3 Å². The van der Waals surface area contributed by atoms with E-state index >= 15 is 0 Å². The van der Waals surface area contributed by atoms with E-state index in [9.17, 15) is 14.4 Å². The smallest absolute Gasteiger partial charge is 0.323 e. The first-order valence-corrected chi connectivity index (χ1v) is 7.83. The Morgan fingerprint density at radius 1 is 1.22 bits per heavy atom. The molecule has 0 saturated heterocycles. The Morgan fingerprint density at radius 2 is 1.87 bits per heavy atom. The van der Waals surface area contributed by atoms with Crippen LogP contribution >= 0.6 is 0 Å². The van der Waals surface area contributed by atoms with Gasteiger partial charge in [0.25, 0.3) is 5.91 Å². The van der Waals surface area contributed by atoms with Crippen LogP contribution in [-0.2, 0) is 9.59 Å². The Balaban J connectivity index is 2.28. The second-order valence-corrected chi connectivity index (χ2v) is 5.81. The molecule has 0 spiro atoms. The van der Waals surface area contributed by atoms with Crippen molar-refractivity contribution in [2.24, 2.45) is 5.92 Å². The molecular formula is C17H22N2O4. The Hall–Kier alpha value is -2.37. The zero-order valence-electron chi connectivity index (χ0n) is 13.5. The number of amides is 2. The van der Waals surface area contributed by atoms with Crippen LogP contribution in [-0.4, -0.2) is 47.9 Å². The molecule has 2 rings (SSSR count). The van der Waals surface area contributed by atoms with Crippen LogP contribution in [0.1, 0.15) is 36.5 Å². The van der Waals surface area contributed by atoms with Gasteiger partial charge in [-0.05, 0) is 31.4 Å². The maximum absolute atomic E-state index is 12.7. The first kappa shape index (κ1) is 17.0. The van der Waals surface area contributed by atoms with Crippen LogP contribution in [0.5, 0.6) is 0 Å². The number of rotatable bonds is 7. The van der Waals surface area contributed by atoms with Crippen molar-refractivity contribution >= 4 is 23.5 Å². The Bertz CT molecular complexity index is 610. The molecule has 2 amide bonds. The second-order valence-electron chi connectivity index (χ2n) is 5.81. The Kier molecular flexibility index (Phi) is 5.36. The maximum atomic E-state index is 12.7. The summed E-state index contributed by atoms with van der Waals surface area (Å²) in [5.41, 5.74) is 0.889. The van der Waals surface area contributed by atoms with Crippen LogP contribution in [0.3, 0.4) is 0 Å². The van der Waals surface area contributed by atoms with E-state index in [0.29, 0.717) is 24.2 Å². The van der Waals surface area contributed by atoms with Gasteiger partial charge in [0.1, 0.15) is 6.54 Å². The van der Waals surface area contributed by atoms with Crippen molar-refractivity contribution in [3.8, 4) is 0 Å². The van der Waals surface area contributed by atoms with Crippen LogP contribution in [0.4, 0.5) is 5.69 Å². The molecule has 1 fully saturated rings. The van der Waals surface area contributed by atoms with E-state index < -0.39 is 5.97 Å². The zero-order chi connectivity index (χ0) is 17.0. The van der Waals surface area contributed by atoms with Gasteiger partial charge in [-0.3, -0.25) is 14.4 Å². The number of carboxylic acid groups (broad SMARTS) is 1. The fraction of sp³-hybridized carbons (Fsp3) is 0.471. The maximum Gasteiger partial charge on any atom is 0.323 e. The van der Waals surface area contributed by atoms with Crippen LogP contribution in [0.15, 0.2) is 24.3 Å². The third kappa shape index (κ3) is 4.09. The highest BCUT2D eigenvalue weighted by molar-refractivity contribution is 6.06. The third-order valence-electron chi connectivity index (χ3n) is 3.86. The van der Waals surface area contributed by atoms with Crippen LogP contribution < -0.4 is 4.90 Å². The average Bonchev–Trinajstić information content (AvgIpc) is 3.37. The van der Waals surface area contributed by atoms with E-state index in [4.69, 9.17) is 5.11 Å². The van der Waals surface area contributed by atoms with E-state index in [1.54, 1.807) is 31.3 Å². The van der Waals surface area contributed by atoms with Gasteiger partial charge < -0.3 is 14.9 Å². The number of aliphatic carboxylic acids is 1. The Morgan fingerprint density at radius 3 is 2.43 bits per heavy atom.